The first kappa shape index (κ1) is 14.4. The molecule has 0 unspecified atom stereocenters. The molecule has 0 radical (unpaired) electrons. The Morgan fingerprint density at radius 1 is 1.19 bits per heavy atom. The first-order valence-electron chi connectivity index (χ1n) is 7.88. The van der Waals surface area contributed by atoms with Gasteiger partial charge in [-0.3, -0.25) is 4.79 Å². The molecule has 0 saturated carbocycles. The third-order valence-corrected chi connectivity index (χ3v) is 4.71. The molecule has 2 aliphatic heterocycles. The van der Waals surface area contributed by atoms with Gasteiger partial charge in [0.15, 0.2) is 0 Å². The topological polar surface area (TPSA) is 32.8 Å². The molecule has 3 rings (SSSR count). The van der Waals surface area contributed by atoms with Gasteiger partial charge in [0.25, 0.3) is 5.91 Å². The molecule has 0 spiro atoms. The van der Waals surface area contributed by atoms with Crippen molar-refractivity contribution < 1.29 is 9.53 Å². The van der Waals surface area contributed by atoms with E-state index in [2.05, 4.69) is 36.9 Å². The van der Waals surface area contributed by atoms with E-state index in [1.54, 1.807) is 0 Å². The first-order chi connectivity index (χ1) is 10.2. The van der Waals surface area contributed by atoms with Crippen LogP contribution < -0.4 is 4.90 Å². The highest BCUT2D eigenvalue weighted by Crippen LogP contribution is 2.24. The fourth-order valence-electron chi connectivity index (χ4n) is 3.22. The number of ether oxygens (including phenoxy) is 1. The van der Waals surface area contributed by atoms with Crippen LogP contribution in [0.1, 0.15) is 24.0 Å². The third-order valence-electron chi connectivity index (χ3n) is 4.71. The number of piperazine rings is 1. The predicted molar refractivity (Wildman–Crippen MR) is 83.7 cm³/mol. The zero-order chi connectivity index (χ0) is 14.8. The normalized spacial score (nSPS) is 22.7. The number of aryl methyl sites for hydroxylation is 1. The summed E-state index contributed by atoms with van der Waals surface area (Å²) in [6.07, 6.45) is 1.71. The van der Waals surface area contributed by atoms with Gasteiger partial charge in [0.1, 0.15) is 6.10 Å². The van der Waals surface area contributed by atoms with Crippen molar-refractivity contribution >= 4 is 11.6 Å². The fourth-order valence-corrected chi connectivity index (χ4v) is 3.22. The van der Waals surface area contributed by atoms with Crippen LogP contribution >= 0.6 is 0 Å². The molecule has 0 aromatic heterocycles. The minimum Gasteiger partial charge on any atom is -0.368 e. The second kappa shape index (κ2) is 6.06. The molecule has 4 nitrogen and oxygen atoms in total. The summed E-state index contributed by atoms with van der Waals surface area (Å²) in [7, 11) is 0. The first-order valence-corrected chi connectivity index (χ1v) is 7.88. The van der Waals surface area contributed by atoms with Crippen molar-refractivity contribution in [3.8, 4) is 0 Å². The molecular formula is C17H24N2O2. The van der Waals surface area contributed by atoms with Crippen LogP contribution in [0, 0.1) is 13.8 Å². The quantitative estimate of drug-likeness (QED) is 0.836. The van der Waals surface area contributed by atoms with Gasteiger partial charge in [-0.15, -0.1) is 0 Å². The maximum Gasteiger partial charge on any atom is 0.251 e. The van der Waals surface area contributed by atoms with E-state index >= 15 is 0 Å². The Bertz CT molecular complexity index is 516. The Kier molecular flexibility index (Phi) is 4.15. The molecule has 114 valence electrons. The van der Waals surface area contributed by atoms with Crippen LogP contribution in [-0.2, 0) is 9.53 Å². The van der Waals surface area contributed by atoms with E-state index in [0.717, 1.165) is 45.6 Å². The lowest BCUT2D eigenvalue weighted by Gasteiger charge is -2.37. The van der Waals surface area contributed by atoms with Crippen LogP contribution in [0.2, 0.25) is 0 Å². The highest BCUT2D eigenvalue weighted by atomic mass is 16.5. The van der Waals surface area contributed by atoms with E-state index in [0.29, 0.717) is 0 Å². The van der Waals surface area contributed by atoms with E-state index in [1.165, 1.54) is 16.8 Å². The number of rotatable bonds is 2. The molecule has 2 saturated heterocycles. The Labute approximate surface area is 126 Å². The Hall–Kier alpha value is -1.55. The summed E-state index contributed by atoms with van der Waals surface area (Å²) in [6.45, 7) is 8.47. The van der Waals surface area contributed by atoms with Gasteiger partial charge in [0, 0.05) is 38.5 Å². The number of hydrogen-bond donors (Lipinski definition) is 0. The van der Waals surface area contributed by atoms with Gasteiger partial charge in [-0.05, 0) is 43.9 Å². The molecule has 1 amide bonds. The molecule has 0 aliphatic carbocycles. The average molecular weight is 288 g/mol. The lowest BCUT2D eigenvalue weighted by molar-refractivity contribution is -0.141. The van der Waals surface area contributed by atoms with Crippen LogP contribution in [0.3, 0.4) is 0 Å². The average Bonchev–Trinajstić information content (AvgIpc) is 3.04. The Balaban J connectivity index is 1.62. The van der Waals surface area contributed by atoms with E-state index in [-0.39, 0.29) is 12.0 Å². The zero-order valence-corrected chi connectivity index (χ0v) is 13.0. The minimum atomic E-state index is -0.183. The van der Waals surface area contributed by atoms with Crippen molar-refractivity contribution in [2.45, 2.75) is 32.8 Å². The van der Waals surface area contributed by atoms with E-state index < -0.39 is 0 Å². The lowest BCUT2D eigenvalue weighted by Crippen LogP contribution is -2.51. The molecule has 2 heterocycles. The van der Waals surface area contributed by atoms with Gasteiger partial charge >= 0.3 is 0 Å². The number of nitrogens with zero attached hydrogens (tertiary/aromatic N) is 2. The molecule has 1 aromatic rings. The van der Waals surface area contributed by atoms with Gasteiger partial charge in [0.2, 0.25) is 0 Å². The standard InChI is InChI=1S/C17H24N2O2/c1-13-5-3-6-15(14(13)2)18-8-10-19(11-9-18)17(20)16-7-4-12-21-16/h3,5-6,16H,4,7-12H2,1-2H3/t16-/m1/s1. The smallest absolute Gasteiger partial charge is 0.251 e. The summed E-state index contributed by atoms with van der Waals surface area (Å²) in [5.41, 5.74) is 3.97. The molecule has 0 bridgehead atoms. The fraction of sp³-hybridized carbons (Fsp3) is 0.588. The van der Waals surface area contributed by atoms with Crippen LogP contribution in [-0.4, -0.2) is 49.7 Å². The Morgan fingerprint density at radius 2 is 1.95 bits per heavy atom. The summed E-state index contributed by atoms with van der Waals surface area (Å²) < 4.78 is 5.51. The van der Waals surface area contributed by atoms with E-state index in [1.807, 2.05) is 4.90 Å². The second-order valence-electron chi connectivity index (χ2n) is 6.03. The van der Waals surface area contributed by atoms with Crippen molar-refractivity contribution in [2.24, 2.45) is 0 Å². The molecule has 1 aromatic carbocycles. The van der Waals surface area contributed by atoms with Crippen molar-refractivity contribution in [2.75, 3.05) is 37.7 Å². The molecule has 4 heteroatoms. The monoisotopic (exact) mass is 288 g/mol. The SMILES string of the molecule is Cc1cccc(N2CCN(C(=O)[C@H]3CCCO3)CC2)c1C. The molecule has 0 N–H and O–H groups in total. The summed E-state index contributed by atoms with van der Waals surface area (Å²) in [6, 6.07) is 6.44. The summed E-state index contributed by atoms with van der Waals surface area (Å²) in [5.74, 6) is 0.188. The van der Waals surface area contributed by atoms with Crippen molar-refractivity contribution in [1.82, 2.24) is 4.90 Å². The predicted octanol–water partition coefficient (Wildman–Crippen LogP) is 2.13. The number of carbonyl (C=O) groups excluding carboxylic acids is 1. The van der Waals surface area contributed by atoms with Gasteiger partial charge in [-0.2, -0.15) is 0 Å². The van der Waals surface area contributed by atoms with Crippen molar-refractivity contribution in [1.29, 1.82) is 0 Å². The maximum atomic E-state index is 12.3. The highest BCUT2D eigenvalue weighted by molar-refractivity contribution is 5.81. The van der Waals surface area contributed by atoms with Gasteiger partial charge < -0.3 is 14.5 Å². The number of benzene rings is 1. The summed E-state index contributed by atoms with van der Waals surface area (Å²) in [4.78, 5) is 16.7. The maximum absolute atomic E-state index is 12.3. The van der Waals surface area contributed by atoms with Gasteiger partial charge in [-0.1, -0.05) is 12.1 Å². The lowest BCUT2D eigenvalue weighted by atomic mass is 10.1. The zero-order valence-electron chi connectivity index (χ0n) is 13.0. The molecule has 1 atom stereocenters. The number of carbonyl (C=O) groups is 1. The summed E-state index contributed by atoms with van der Waals surface area (Å²) in [5, 5.41) is 0. The largest absolute Gasteiger partial charge is 0.368 e. The number of amides is 1. The van der Waals surface area contributed by atoms with Crippen LogP contribution in [0.4, 0.5) is 5.69 Å². The second-order valence-corrected chi connectivity index (χ2v) is 6.03. The van der Waals surface area contributed by atoms with Gasteiger partial charge in [0.05, 0.1) is 0 Å². The molecule has 21 heavy (non-hydrogen) atoms. The van der Waals surface area contributed by atoms with Crippen molar-refractivity contribution in [3.63, 3.8) is 0 Å². The Morgan fingerprint density at radius 3 is 2.62 bits per heavy atom. The van der Waals surface area contributed by atoms with E-state index in [4.69, 9.17) is 4.74 Å². The number of hydrogen-bond acceptors (Lipinski definition) is 3. The van der Waals surface area contributed by atoms with Crippen LogP contribution in [0.15, 0.2) is 18.2 Å². The third kappa shape index (κ3) is 2.91. The molecule has 2 aliphatic rings. The van der Waals surface area contributed by atoms with Crippen LogP contribution in [0.25, 0.3) is 0 Å². The molecule has 2 fully saturated rings. The van der Waals surface area contributed by atoms with Gasteiger partial charge in [-0.25, -0.2) is 0 Å². The number of anilines is 1. The van der Waals surface area contributed by atoms with E-state index in [9.17, 15) is 4.79 Å². The van der Waals surface area contributed by atoms with Crippen LogP contribution in [0.5, 0.6) is 0 Å². The van der Waals surface area contributed by atoms with Crippen molar-refractivity contribution in [3.05, 3.63) is 29.3 Å². The highest BCUT2D eigenvalue weighted by Gasteiger charge is 2.30. The summed E-state index contributed by atoms with van der Waals surface area (Å²) >= 11 is 0. The molecular weight excluding hydrogens is 264 g/mol. The minimum absolute atomic E-state index is 0.183.